The predicted molar refractivity (Wildman–Crippen MR) is 121 cm³/mol. The van der Waals surface area contributed by atoms with Crippen LogP contribution in [0.15, 0.2) is 36.4 Å². The number of aryl methyl sites for hydroxylation is 1. The minimum atomic E-state index is -0.163. The Labute approximate surface area is 185 Å². The maximum Gasteiger partial charge on any atom is 0.251 e. The third kappa shape index (κ3) is 3.84. The van der Waals surface area contributed by atoms with Crippen molar-refractivity contribution in [1.82, 2.24) is 20.2 Å². The van der Waals surface area contributed by atoms with E-state index < -0.39 is 0 Å². The fourth-order valence-corrected chi connectivity index (χ4v) is 4.17. The molecule has 1 aromatic heterocycles. The highest BCUT2D eigenvalue weighted by atomic mass is 16.2. The van der Waals surface area contributed by atoms with Crippen molar-refractivity contribution in [3.63, 3.8) is 0 Å². The van der Waals surface area contributed by atoms with Gasteiger partial charge in [0.15, 0.2) is 0 Å². The number of fused-ring (bicyclic) bond motifs is 2. The second-order valence-electron chi connectivity index (χ2n) is 8.35. The number of hydrogen-bond donors (Lipinski definition) is 3. The highest BCUT2D eigenvalue weighted by Gasteiger charge is 2.29. The van der Waals surface area contributed by atoms with E-state index in [2.05, 4.69) is 26.6 Å². The number of hydrogen-bond acceptors (Lipinski definition) is 4. The van der Waals surface area contributed by atoms with E-state index in [-0.39, 0.29) is 23.6 Å². The lowest BCUT2D eigenvalue weighted by molar-refractivity contribution is -0.122. The maximum atomic E-state index is 12.1. The molecule has 8 heteroatoms. The number of carbonyl (C=O) groups excluding carboxylic acids is 3. The van der Waals surface area contributed by atoms with Gasteiger partial charge in [0.25, 0.3) is 5.91 Å². The molecule has 5 rings (SSSR count). The molecule has 1 aliphatic heterocycles. The number of rotatable bonds is 6. The molecule has 3 aromatic rings. The Bertz CT molecular complexity index is 1240. The fourth-order valence-electron chi connectivity index (χ4n) is 4.17. The van der Waals surface area contributed by atoms with Crippen molar-refractivity contribution in [2.24, 2.45) is 5.92 Å². The molecule has 0 bridgehead atoms. The number of anilines is 1. The molecule has 1 saturated carbocycles. The molecular weight excluding hydrogens is 406 g/mol. The van der Waals surface area contributed by atoms with Gasteiger partial charge in [-0.2, -0.15) is 0 Å². The Balaban J connectivity index is 1.53. The predicted octanol–water partition coefficient (Wildman–Crippen LogP) is 2.34. The van der Waals surface area contributed by atoms with Crippen molar-refractivity contribution in [2.45, 2.75) is 32.1 Å². The van der Waals surface area contributed by atoms with Gasteiger partial charge in [0.2, 0.25) is 11.8 Å². The van der Waals surface area contributed by atoms with Gasteiger partial charge >= 0.3 is 0 Å². The minimum Gasteiger partial charge on any atom is -0.355 e. The van der Waals surface area contributed by atoms with Gasteiger partial charge in [-0.15, -0.1) is 0 Å². The third-order valence-corrected chi connectivity index (χ3v) is 6.05. The molecule has 3 amide bonds. The zero-order chi connectivity index (χ0) is 22.2. The molecule has 0 radical (unpaired) electrons. The van der Waals surface area contributed by atoms with E-state index in [0.717, 1.165) is 46.6 Å². The van der Waals surface area contributed by atoms with E-state index in [9.17, 15) is 14.4 Å². The summed E-state index contributed by atoms with van der Waals surface area (Å²) in [5.74, 6) is 0.959. The number of benzene rings is 2. The molecule has 2 heterocycles. The molecule has 32 heavy (non-hydrogen) atoms. The van der Waals surface area contributed by atoms with E-state index in [1.54, 1.807) is 19.2 Å². The second-order valence-corrected chi connectivity index (χ2v) is 8.35. The topological polar surface area (TPSA) is 105 Å². The average Bonchev–Trinajstić information content (AvgIpc) is 3.59. The molecular formula is C24H25N5O3. The lowest BCUT2D eigenvalue weighted by Gasteiger charge is -2.19. The van der Waals surface area contributed by atoms with Crippen molar-refractivity contribution < 1.29 is 14.4 Å². The Morgan fingerprint density at radius 3 is 2.78 bits per heavy atom. The van der Waals surface area contributed by atoms with Crippen LogP contribution in [0.3, 0.4) is 0 Å². The molecule has 1 aliphatic carbocycles. The first kappa shape index (κ1) is 20.2. The van der Waals surface area contributed by atoms with Crippen LogP contribution in [0.4, 0.5) is 5.69 Å². The van der Waals surface area contributed by atoms with Crippen molar-refractivity contribution in [3.05, 3.63) is 53.3 Å². The molecule has 0 spiro atoms. The minimum absolute atomic E-state index is 0.0344. The van der Waals surface area contributed by atoms with Gasteiger partial charge in [-0.1, -0.05) is 0 Å². The maximum absolute atomic E-state index is 12.1. The number of amides is 3. The first-order valence-electron chi connectivity index (χ1n) is 11.0. The lowest BCUT2D eigenvalue weighted by atomic mass is 10.0. The summed E-state index contributed by atoms with van der Waals surface area (Å²) in [5, 5.41) is 8.57. The van der Waals surface area contributed by atoms with Crippen molar-refractivity contribution in [3.8, 4) is 5.69 Å². The molecule has 1 fully saturated rings. The Morgan fingerprint density at radius 1 is 1.16 bits per heavy atom. The van der Waals surface area contributed by atoms with Crippen LogP contribution < -0.4 is 16.0 Å². The van der Waals surface area contributed by atoms with Crippen molar-refractivity contribution >= 4 is 34.4 Å². The SMILES string of the molecule is CNC(=O)c1ccc2c(c1)nc(CCNC(=O)C1CC1)n2-c1ccc2c(c1)CCC(=O)N2. The highest BCUT2D eigenvalue weighted by molar-refractivity contribution is 5.97. The summed E-state index contributed by atoms with van der Waals surface area (Å²) in [4.78, 5) is 40.7. The normalized spacial score (nSPS) is 15.2. The highest BCUT2D eigenvalue weighted by Crippen LogP contribution is 2.30. The summed E-state index contributed by atoms with van der Waals surface area (Å²) in [5.41, 5.74) is 5.03. The van der Waals surface area contributed by atoms with Gasteiger partial charge in [-0.25, -0.2) is 4.98 Å². The second kappa shape index (κ2) is 8.11. The smallest absolute Gasteiger partial charge is 0.251 e. The molecule has 164 valence electrons. The molecule has 0 saturated heterocycles. The van der Waals surface area contributed by atoms with Gasteiger partial charge in [-0.3, -0.25) is 19.0 Å². The molecule has 2 aromatic carbocycles. The zero-order valence-corrected chi connectivity index (χ0v) is 17.9. The number of nitrogens with zero attached hydrogens (tertiary/aromatic N) is 2. The summed E-state index contributed by atoms with van der Waals surface area (Å²) in [6.07, 6.45) is 3.67. The van der Waals surface area contributed by atoms with E-state index in [0.29, 0.717) is 31.4 Å². The van der Waals surface area contributed by atoms with E-state index in [4.69, 9.17) is 4.98 Å². The first-order valence-corrected chi connectivity index (χ1v) is 11.0. The van der Waals surface area contributed by atoms with Gasteiger partial charge in [0, 0.05) is 49.3 Å². The molecule has 0 unspecified atom stereocenters. The third-order valence-electron chi connectivity index (χ3n) is 6.05. The Hall–Kier alpha value is -3.68. The quantitative estimate of drug-likeness (QED) is 0.557. The molecule has 8 nitrogen and oxygen atoms in total. The van der Waals surface area contributed by atoms with Gasteiger partial charge < -0.3 is 16.0 Å². The summed E-state index contributed by atoms with van der Waals surface area (Å²) in [6.45, 7) is 0.502. The molecule has 2 aliphatic rings. The van der Waals surface area contributed by atoms with E-state index in [1.807, 2.05) is 18.2 Å². The van der Waals surface area contributed by atoms with Crippen LogP contribution in [0.2, 0.25) is 0 Å². The van der Waals surface area contributed by atoms with Crippen LogP contribution >= 0.6 is 0 Å². The van der Waals surface area contributed by atoms with E-state index >= 15 is 0 Å². The summed E-state index contributed by atoms with van der Waals surface area (Å²) < 4.78 is 2.07. The Kier molecular flexibility index (Phi) is 5.13. The summed E-state index contributed by atoms with van der Waals surface area (Å²) >= 11 is 0. The van der Waals surface area contributed by atoms with Crippen molar-refractivity contribution in [1.29, 1.82) is 0 Å². The molecule has 3 N–H and O–H groups in total. The van der Waals surface area contributed by atoms with E-state index in [1.165, 1.54) is 0 Å². The number of carbonyl (C=O) groups is 3. The largest absolute Gasteiger partial charge is 0.355 e. The van der Waals surface area contributed by atoms with Crippen LogP contribution in [-0.4, -0.2) is 40.9 Å². The zero-order valence-electron chi connectivity index (χ0n) is 17.9. The monoisotopic (exact) mass is 431 g/mol. The van der Waals surface area contributed by atoms with Crippen LogP contribution in [0, 0.1) is 5.92 Å². The van der Waals surface area contributed by atoms with Gasteiger partial charge in [0.1, 0.15) is 5.82 Å². The molecule has 0 atom stereocenters. The first-order chi connectivity index (χ1) is 15.5. The van der Waals surface area contributed by atoms with Crippen LogP contribution in [-0.2, 0) is 22.4 Å². The Morgan fingerprint density at radius 2 is 2.00 bits per heavy atom. The number of imidazole rings is 1. The number of aromatic nitrogens is 2. The van der Waals surface area contributed by atoms with Gasteiger partial charge in [-0.05, 0) is 61.2 Å². The standard InChI is InChI=1S/C24H25N5O3/c1-25-23(31)16-4-8-20-19(13-16)27-21(10-11-26-24(32)14-2-3-14)29(20)17-6-7-18-15(12-17)5-9-22(30)28-18/h4,6-8,12-14H,2-3,5,9-11H2,1H3,(H,25,31)(H,26,32)(H,28,30). The summed E-state index contributed by atoms with van der Waals surface area (Å²) in [6, 6.07) is 11.4. The van der Waals surface area contributed by atoms with Crippen LogP contribution in [0.5, 0.6) is 0 Å². The summed E-state index contributed by atoms with van der Waals surface area (Å²) in [7, 11) is 1.60. The van der Waals surface area contributed by atoms with Gasteiger partial charge in [0.05, 0.1) is 11.0 Å². The fraction of sp³-hybridized carbons (Fsp3) is 0.333. The average molecular weight is 431 g/mol. The van der Waals surface area contributed by atoms with Crippen LogP contribution in [0.1, 0.15) is 41.0 Å². The van der Waals surface area contributed by atoms with Crippen molar-refractivity contribution in [2.75, 3.05) is 18.9 Å². The number of nitrogens with one attached hydrogen (secondary N) is 3. The lowest BCUT2D eigenvalue weighted by Crippen LogP contribution is -2.27. The van der Waals surface area contributed by atoms with Crippen LogP contribution in [0.25, 0.3) is 16.7 Å².